The van der Waals surface area contributed by atoms with Crippen molar-refractivity contribution in [3.63, 3.8) is 0 Å². The molecule has 0 spiro atoms. The maximum atomic E-state index is 5.25. The van der Waals surface area contributed by atoms with Crippen molar-refractivity contribution in [2.75, 3.05) is 6.54 Å². The summed E-state index contributed by atoms with van der Waals surface area (Å²) in [6, 6.07) is 10.2. The molecule has 20 heavy (non-hydrogen) atoms. The maximum Gasteiger partial charge on any atom is 0.240 e. The zero-order chi connectivity index (χ0) is 13.6. The molecule has 1 aliphatic rings. The number of nitrogens with one attached hydrogen (secondary N) is 1. The summed E-state index contributed by atoms with van der Waals surface area (Å²) in [6.07, 6.45) is 6.21. The molecule has 0 saturated heterocycles. The molecule has 3 rings (SSSR count). The van der Waals surface area contributed by atoms with Crippen LogP contribution in [0.3, 0.4) is 0 Å². The lowest BCUT2D eigenvalue weighted by molar-refractivity contribution is 0.362. The highest BCUT2D eigenvalue weighted by atomic mass is 16.5. The van der Waals surface area contributed by atoms with Crippen molar-refractivity contribution in [3.05, 3.63) is 47.6 Å². The highest BCUT2D eigenvalue weighted by molar-refractivity contribution is 5.18. The molecule has 1 aliphatic carbocycles. The first-order valence-electron chi connectivity index (χ1n) is 7.46. The SMILES string of the molecule is c1ccc(Cc2noc(CNCCCC3CC3)n2)cc1. The van der Waals surface area contributed by atoms with Gasteiger partial charge in [-0.3, -0.25) is 0 Å². The van der Waals surface area contributed by atoms with Gasteiger partial charge in [0.2, 0.25) is 5.89 Å². The number of aromatic nitrogens is 2. The van der Waals surface area contributed by atoms with Crippen LogP contribution in [0.2, 0.25) is 0 Å². The van der Waals surface area contributed by atoms with E-state index in [2.05, 4.69) is 27.6 Å². The highest BCUT2D eigenvalue weighted by Gasteiger charge is 2.19. The van der Waals surface area contributed by atoms with E-state index in [1.165, 1.54) is 31.2 Å². The Morgan fingerprint density at radius 1 is 1.20 bits per heavy atom. The molecule has 4 heteroatoms. The van der Waals surface area contributed by atoms with Crippen LogP contribution >= 0.6 is 0 Å². The summed E-state index contributed by atoms with van der Waals surface area (Å²) in [5.41, 5.74) is 1.21. The molecular weight excluding hydrogens is 250 g/mol. The molecule has 106 valence electrons. The number of benzene rings is 1. The summed E-state index contributed by atoms with van der Waals surface area (Å²) >= 11 is 0. The maximum absolute atomic E-state index is 5.25. The van der Waals surface area contributed by atoms with E-state index < -0.39 is 0 Å². The predicted molar refractivity (Wildman–Crippen MR) is 77.2 cm³/mol. The van der Waals surface area contributed by atoms with Gasteiger partial charge in [0.1, 0.15) is 0 Å². The Morgan fingerprint density at radius 3 is 2.85 bits per heavy atom. The van der Waals surface area contributed by atoms with Crippen LogP contribution in [0.4, 0.5) is 0 Å². The minimum Gasteiger partial charge on any atom is -0.338 e. The van der Waals surface area contributed by atoms with Crippen molar-refractivity contribution in [2.24, 2.45) is 5.92 Å². The highest BCUT2D eigenvalue weighted by Crippen LogP contribution is 2.33. The van der Waals surface area contributed by atoms with Gasteiger partial charge in [0, 0.05) is 6.42 Å². The fourth-order valence-corrected chi connectivity index (χ4v) is 2.33. The minimum absolute atomic E-state index is 0.673. The molecule has 1 fully saturated rings. The molecule has 4 nitrogen and oxygen atoms in total. The topological polar surface area (TPSA) is 51.0 Å². The molecule has 0 bridgehead atoms. The van der Waals surface area contributed by atoms with Gasteiger partial charge in [-0.2, -0.15) is 4.98 Å². The monoisotopic (exact) mass is 271 g/mol. The second-order valence-electron chi connectivity index (χ2n) is 5.53. The molecule has 0 atom stereocenters. The fourth-order valence-electron chi connectivity index (χ4n) is 2.33. The summed E-state index contributed by atoms with van der Waals surface area (Å²) < 4.78 is 5.25. The quantitative estimate of drug-likeness (QED) is 0.750. The van der Waals surface area contributed by atoms with Crippen molar-refractivity contribution in [1.29, 1.82) is 0 Å². The van der Waals surface area contributed by atoms with Crippen LogP contribution in [0.1, 0.15) is 43.0 Å². The first-order valence-corrected chi connectivity index (χ1v) is 7.46. The van der Waals surface area contributed by atoms with E-state index in [1.54, 1.807) is 0 Å². The molecule has 1 saturated carbocycles. The van der Waals surface area contributed by atoms with E-state index in [0.29, 0.717) is 12.4 Å². The average Bonchev–Trinajstić information content (AvgIpc) is 3.19. The van der Waals surface area contributed by atoms with Crippen molar-refractivity contribution in [2.45, 2.75) is 38.6 Å². The van der Waals surface area contributed by atoms with E-state index in [-0.39, 0.29) is 0 Å². The van der Waals surface area contributed by atoms with Crippen LogP contribution in [0, 0.1) is 5.92 Å². The Labute approximate surface area is 119 Å². The Balaban J connectivity index is 1.39. The van der Waals surface area contributed by atoms with Gasteiger partial charge < -0.3 is 9.84 Å². The van der Waals surface area contributed by atoms with Crippen LogP contribution in [0.25, 0.3) is 0 Å². The molecule has 1 heterocycles. The van der Waals surface area contributed by atoms with E-state index in [0.717, 1.165) is 24.7 Å². The van der Waals surface area contributed by atoms with E-state index in [4.69, 9.17) is 4.52 Å². The number of nitrogens with zero attached hydrogens (tertiary/aromatic N) is 2. The standard InChI is InChI=1S/C16H21N3O/c1-2-5-14(6-3-1)11-15-18-16(20-19-15)12-17-10-4-7-13-8-9-13/h1-3,5-6,13,17H,4,7-12H2. The molecule has 1 N–H and O–H groups in total. The fraction of sp³-hybridized carbons (Fsp3) is 0.500. The largest absolute Gasteiger partial charge is 0.338 e. The molecule has 1 aromatic carbocycles. The number of hydrogen-bond donors (Lipinski definition) is 1. The van der Waals surface area contributed by atoms with E-state index >= 15 is 0 Å². The lowest BCUT2D eigenvalue weighted by atomic mass is 10.1. The van der Waals surface area contributed by atoms with Gasteiger partial charge >= 0.3 is 0 Å². The first kappa shape index (κ1) is 13.3. The molecule has 0 amide bonds. The summed E-state index contributed by atoms with van der Waals surface area (Å²) in [5, 5.41) is 7.39. The lowest BCUT2D eigenvalue weighted by Gasteiger charge is -2.00. The average molecular weight is 271 g/mol. The first-order chi connectivity index (χ1) is 9.90. The Hall–Kier alpha value is -1.68. The second-order valence-corrected chi connectivity index (χ2v) is 5.53. The van der Waals surface area contributed by atoms with Crippen molar-refractivity contribution in [1.82, 2.24) is 15.5 Å². The normalized spacial score (nSPS) is 14.6. The van der Waals surface area contributed by atoms with Crippen LogP contribution in [-0.4, -0.2) is 16.7 Å². The minimum atomic E-state index is 0.673. The third-order valence-corrected chi connectivity index (χ3v) is 3.65. The molecule has 0 aliphatic heterocycles. The third-order valence-electron chi connectivity index (χ3n) is 3.65. The van der Waals surface area contributed by atoms with E-state index in [1.807, 2.05) is 18.2 Å². The second kappa shape index (κ2) is 6.66. The van der Waals surface area contributed by atoms with Crippen LogP contribution in [0.5, 0.6) is 0 Å². The lowest BCUT2D eigenvalue weighted by Crippen LogP contribution is -2.15. The van der Waals surface area contributed by atoms with Gasteiger partial charge in [-0.15, -0.1) is 0 Å². The van der Waals surface area contributed by atoms with Crippen LogP contribution < -0.4 is 5.32 Å². The smallest absolute Gasteiger partial charge is 0.240 e. The molecule has 2 aromatic rings. The van der Waals surface area contributed by atoms with Crippen LogP contribution in [0.15, 0.2) is 34.9 Å². The Kier molecular flexibility index (Phi) is 4.43. The number of rotatable bonds is 8. The Morgan fingerprint density at radius 2 is 2.05 bits per heavy atom. The van der Waals surface area contributed by atoms with E-state index in [9.17, 15) is 0 Å². The van der Waals surface area contributed by atoms with Gasteiger partial charge in [-0.05, 0) is 30.9 Å². The zero-order valence-corrected chi connectivity index (χ0v) is 11.7. The summed E-state index contributed by atoms with van der Waals surface area (Å²) in [4.78, 5) is 4.41. The molecule has 0 radical (unpaired) electrons. The third kappa shape index (κ3) is 4.17. The Bertz CT molecular complexity index is 520. The van der Waals surface area contributed by atoms with Crippen molar-refractivity contribution >= 4 is 0 Å². The van der Waals surface area contributed by atoms with Gasteiger partial charge in [-0.1, -0.05) is 48.3 Å². The van der Waals surface area contributed by atoms with Crippen LogP contribution in [-0.2, 0) is 13.0 Å². The molecule has 1 aromatic heterocycles. The summed E-state index contributed by atoms with van der Waals surface area (Å²) in [7, 11) is 0. The van der Waals surface area contributed by atoms with Gasteiger partial charge in [-0.25, -0.2) is 0 Å². The van der Waals surface area contributed by atoms with Gasteiger partial charge in [0.25, 0.3) is 0 Å². The van der Waals surface area contributed by atoms with Gasteiger partial charge in [0.15, 0.2) is 5.82 Å². The predicted octanol–water partition coefficient (Wildman–Crippen LogP) is 2.94. The van der Waals surface area contributed by atoms with Gasteiger partial charge in [0.05, 0.1) is 6.54 Å². The van der Waals surface area contributed by atoms with Crippen molar-refractivity contribution < 1.29 is 4.52 Å². The molecular formula is C16H21N3O. The summed E-state index contributed by atoms with van der Waals surface area (Å²) in [5.74, 6) is 2.45. The summed E-state index contributed by atoms with van der Waals surface area (Å²) in [6.45, 7) is 1.71. The zero-order valence-electron chi connectivity index (χ0n) is 11.7. The van der Waals surface area contributed by atoms with Crippen molar-refractivity contribution in [3.8, 4) is 0 Å². The molecule has 0 unspecified atom stereocenters. The number of hydrogen-bond acceptors (Lipinski definition) is 4.